The van der Waals surface area contributed by atoms with Crippen LogP contribution in [0.25, 0.3) is 0 Å². The number of rotatable bonds is 4. The molecule has 0 saturated heterocycles. The predicted molar refractivity (Wildman–Crippen MR) is 39.6 cm³/mol. The lowest BCUT2D eigenvalue weighted by Crippen LogP contribution is -2.17. The van der Waals surface area contributed by atoms with E-state index >= 15 is 0 Å². The molecule has 0 atom stereocenters. The fraction of sp³-hybridized carbons (Fsp3) is 0.429. The third kappa shape index (κ3) is 2.21. The summed E-state index contributed by atoms with van der Waals surface area (Å²) >= 11 is 0. The van der Waals surface area contributed by atoms with Gasteiger partial charge in [0.25, 0.3) is 0 Å². The van der Waals surface area contributed by atoms with Crippen LogP contribution in [0.2, 0.25) is 0 Å². The second kappa shape index (κ2) is 4.09. The van der Waals surface area contributed by atoms with Gasteiger partial charge in [0.1, 0.15) is 0 Å². The monoisotopic (exact) mass is 140 g/mol. The van der Waals surface area contributed by atoms with Crippen molar-refractivity contribution < 1.29 is 5.11 Å². The summed E-state index contributed by atoms with van der Waals surface area (Å²) in [5.41, 5.74) is 1.20. The highest BCUT2D eigenvalue weighted by molar-refractivity contribution is 5.03. The molecule has 1 heterocycles. The van der Waals surface area contributed by atoms with Crippen molar-refractivity contribution in [2.45, 2.75) is 6.42 Å². The molecule has 0 fully saturated rings. The van der Waals surface area contributed by atoms with Crippen molar-refractivity contribution in [1.82, 2.24) is 10.3 Å². The van der Waals surface area contributed by atoms with Gasteiger partial charge in [-0.2, -0.15) is 0 Å². The third-order valence-electron chi connectivity index (χ3n) is 1.35. The highest BCUT2D eigenvalue weighted by atomic mass is 16.3. The lowest BCUT2D eigenvalue weighted by atomic mass is 10.3. The van der Waals surface area contributed by atoms with Crippen LogP contribution in [-0.4, -0.2) is 23.4 Å². The zero-order valence-corrected chi connectivity index (χ0v) is 5.80. The average Bonchev–Trinajstić information content (AvgIpc) is 2.41. The first kappa shape index (κ1) is 7.31. The summed E-state index contributed by atoms with van der Waals surface area (Å²) < 4.78 is 0. The Morgan fingerprint density at radius 1 is 1.60 bits per heavy atom. The van der Waals surface area contributed by atoms with Gasteiger partial charge in [-0.1, -0.05) is 0 Å². The van der Waals surface area contributed by atoms with Crippen molar-refractivity contribution in [3.63, 3.8) is 0 Å². The predicted octanol–water partition coefficient (Wildman–Crippen LogP) is 0.0966. The van der Waals surface area contributed by atoms with Crippen molar-refractivity contribution in [1.29, 1.82) is 0 Å². The van der Waals surface area contributed by atoms with Gasteiger partial charge < -0.3 is 10.1 Å². The van der Waals surface area contributed by atoms with Crippen molar-refractivity contribution >= 4 is 0 Å². The summed E-state index contributed by atoms with van der Waals surface area (Å²) in [7, 11) is 0. The molecule has 0 spiro atoms. The summed E-state index contributed by atoms with van der Waals surface area (Å²) in [5.74, 6) is 0. The maximum Gasteiger partial charge on any atom is 0.0931 e. The first-order chi connectivity index (χ1) is 4.93. The zero-order chi connectivity index (χ0) is 7.23. The van der Waals surface area contributed by atoms with Gasteiger partial charge in [-0.15, -0.1) is 0 Å². The summed E-state index contributed by atoms with van der Waals surface area (Å²) in [6.07, 6.45) is 2.84. The fourth-order valence-corrected chi connectivity index (χ4v) is 0.825. The Hall–Kier alpha value is -0.800. The number of aliphatic hydroxyl groups excluding tert-OH is 1. The van der Waals surface area contributed by atoms with E-state index in [2.05, 4.69) is 10.3 Å². The van der Waals surface area contributed by atoms with E-state index in [0.717, 1.165) is 13.0 Å². The van der Waals surface area contributed by atoms with Gasteiger partial charge in [-0.25, -0.2) is 0 Å². The van der Waals surface area contributed by atoms with E-state index in [9.17, 15) is 0 Å². The lowest BCUT2D eigenvalue weighted by molar-refractivity contribution is 0.262. The quantitative estimate of drug-likeness (QED) is 0.410. The van der Waals surface area contributed by atoms with Gasteiger partial charge in [0.15, 0.2) is 0 Å². The van der Waals surface area contributed by atoms with Crippen LogP contribution in [0.5, 0.6) is 0 Å². The van der Waals surface area contributed by atoms with Crippen molar-refractivity contribution in [3.8, 4) is 0 Å². The Balaban J connectivity index is 2.15. The molecule has 0 unspecified atom stereocenters. The standard InChI is InChI=1S/C7H12N2O/c10-6-8-5-3-7-2-1-4-9-7/h1-2,4,8-10H,3,5-6H2. The average molecular weight is 140 g/mol. The normalized spacial score (nSPS) is 10.1. The first-order valence-electron chi connectivity index (χ1n) is 3.37. The SMILES string of the molecule is OCNCCc1ccc[nH]1. The molecule has 0 aliphatic heterocycles. The largest absolute Gasteiger partial charge is 0.381 e. The molecule has 1 aromatic rings. The number of hydrogen-bond donors (Lipinski definition) is 3. The number of aliphatic hydroxyl groups is 1. The number of hydrogen-bond acceptors (Lipinski definition) is 2. The minimum Gasteiger partial charge on any atom is -0.381 e. The van der Waals surface area contributed by atoms with Crippen LogP contribution in [0.4, 0.5) is 0 Å². The Morgan fingerprint density at radius 3 is 3.10 bits per heavy atom. The van der Waals surface area contributed by atoms with Crippen molar-refractivity contribution in [2.24, 2.45) is 0 Å². The van der Waals surface area contributed by atoms with Gasteiger partial charge in [-0.05, 0) is 18.6 Å². The van der Waals surface area contributed by atoms with Crippen LogP contribution in [0.3, 0.4) is 0 Å². The lowest BCUT2D eigenvalue weighted by Gasteiger charge is -1.97. The molecule has 0 amide bonds. The topological polar surface area (TPSA) is 48.0 Å². The molecule has 1 rings (SSSR count). The van der Waals surface area contributed by atoms with Crippen LogP contribution in [-0.2, 0) is 6.42 Å². The summed E-state index contributed by atoms with van der Waals surface area (Å²) in [4.78, 5) is 3.07. The maximum absolute atomic E-state index is 8.37. The molecule has 0 bridgehead atoms. The van der Waals surface area contributed by atoms with Gasteiger partial charge in [0.2, 0.25) is 0 Å². The van der Waals surface area contributed by atoms with Crippen LogP contribution in [0, 0.1) is 0 Å². The molecular weight excluding hydrogens is 128 g/mol. The highest BCUT2D eigenvalue weighted by Crippen LogP contribution is 1.93. The van der Waals surface area contributed by atoms with Crippen LogP contribution >= 0.6 is 0 Å². The van der Waals surface area contributed by atoms with Gasteiger partial charge in [0.05, 0.1) is 6.73 Å². The van der Waals surface area contributed by atoms with E-state index in [1.165, 1.54) is 5.69 Å². The summed E-state index contributed by atoms with van der Waals surface area (Å²) in [5, 5.41) is 11.2. The Morgan fingerprint density at radius 2 is 2.50 bits per heavy atom. The molecule has 0 saturated carbocycles. The molecule has 0 radical (unpaired) electrons. The van der Waals surface area contributed by atoms with E-state index in [1.807, 2.05) is 18.3 Å². The first-order valence-corrected chi connectivity index (χ1v) is 3.37. The molecule has 3 heteroatoms. The molecule has 1 aromatic heterocycles. The minimum atomic E-state index is 0.0563. The Kier molecular flexibility index (Phi) is 2.99. The van der Waals surface area contributed by atoms with Crippen molar-refractivity contribution in [2.75, 3.05) is 13.3 Å². The van der Waals surface area contributed by atoms with Crippen LogP contribution in [0.15, 0.2) is 18.3 Å². The fourth-order valence-electron chi connectivity index (χ4n) is 0.825. The van der Waals surface area contributed by atoms with Gasteiger partial charge in [0, 0.05) is 18.4 Å². The van der Waals surface area contributed by atoms with Gasteiger partial charge in [-0.3, -0.25) is 5.32 Å². The molecule has 0 aliphatic carbocycles. The van der Waals surface area contributed by atoms with E-state index < -0.39 is 0 Å². The van der Waals surface area contributed by atoms with Crippen molar-refractivity contribution in [3.05, 3.63) is 24.0 Å². The van der Waals surface area contributed by atoms with Crippen LogP contribution < -0.4 is 5.32 Å². The number of H-pyrrole nitrogens is 1. The molecular formula is C7H12N2O. The molecule has 10 heavy (non-hydrogen) atoms. The van der Waals surface area contributed by atoms with E-state index in [0.29, 0.717) is 0 Å². The smallest absolute Gasteiger partial charge is 0.0931 e. The van der Waals surface area contributed by atoms with Gasteiger partial charge >= 0.3 is 0 Å². The second-order valence-electron chi connectivity index (χ2n) is 2.10. The van der Waals surface area contributed by atoms with E-state index in [1.54, 1.807) is 0 Å². The number of aromatic amines is 1. The second-order valence-corrected chi connectivity index (χ2v) is 2.10. The third-order valence-corrected chi connectivity index (χ3v) is 1.35. The van der Waals surface area contributed by atoms with E-state index in [4.69, 9.17) is 5.11 Å². The minimum absolute atomic E-state index is 0.0563. The summed E-state index contributed by atoms with van der Waals surface area (Å²) in [6, 6.07) is 3.99. The molecule has 0 aromatic carbocycles. The summed E-state index contributed by atoms with van der Waals surface area (Å²) in [6.45, 7) is 0.873. The maximum atomic E-state index is 8.37. The number of aromatic nitrogens is 1. The molecule has 0 aliphatic rings. The Bertz CT molecular complexity index is 160. The van der Waals surface area contributed by atoms with Crippen LogP contribution in [0.1, 0.15) is 5.69 Å². The Labute approximate surface area is 60.1 Å². The molecule has 56 valence electrons. The highest BCUT2D eigenvalue weighted by Gasteiger charge is 1.89. The molecule has 3 N–H and O–H groups in total. The number of nitrogens with one attached hydrogen (secondary N) is 2. The van der Waals surface area contributed by atoms with E-state index in [-0.39, 0.29) is 6.73 Å². The molecule has 3 nitrogen and oxygen atoms in total. The zero-order valence-electron chi connectivity index (χ0n) is 5.80.